The molecule has 3 nitrogen and oxygen atoms in total. The van der Waals surface area contributed by atoms with Crippen LogP contribution in [0, 0.1) is 0 Å². The van der Waals surface area contributed by atoms with Crippen LogP contribution in [0.2, 0.25) is 0 Å². The summed E-state index contributed by atoms with van der Waals surface area (Å²) in [4.78, 5) is 18.3. The predicted octanol–water partition coefficient (Wildman–Crippen LogP) is 14.5. The van der Waals surface area contributed by atoms with Gasteiger partial charge in [-0.1, -0.05) is 0 Å². The average Bonchev–Trinajstić information content (AvgIpc) is 0.756. The summed E-state index contributed by atoms with van der Waals surface area (Å²) in [5, 5.41) is 16.1. The Balaban J connectivity index is 1.23. The van der Waals surface area contributed by atoms with E-state index < -0.39 is 17.4 Å². The second-order valence-electron chi connectivity index (χ2n) is 20.6. The van der Waals surface area contributed by atoms with E-state index in [4.69, 9.17) is 15.0 Å². The molecule has 13 rings (SSSR count). The molecule has 0 radical (unpaired) electrons. The van der Waals surface area contributed by atoms with Crippen molar-refractivity contribution >= 4 is 115 Å². The number of benzene rings is 12. The van der Waals surface area contributed by atoms with Crippen molar-refractivity contribution in [2.45, 2.75) is 15.5 Å². The van der Waals surface area contributed by atoms with Crippen LogP contribution >= 0.6 is 51.6 Å². The third-order valence-electron chi connectivity index (χ3n) is 16.4. The Bertz CT molecular complexity index is 3320. The van der Waals surface area contributed by atoms with E-state index in [1.54, 1.807) is 0 Å². The van der Waals surface area contributed by atoms with Crippen molar-refractivity contribution in [2.24, 2.45) is 0 Å². The van der Waals surface area contributed by atoms with Crippen LogP contribution in [0.3, 0.4) is 0 Å². The molecule has 0 atom stereocenters. The standard InChI is InChI=1S/C75H60N3P3S3/c1-13-37-61(38-14-1)79(62-39-15-2-16-40-62,63-41-17-3-18-42-63,64-43-19-4-20-44-64)82-73-76-74(83-80(65-45-21-5-22-46-65,66-47-23-6-24-48-66,67-49-25-7-26-50-67)68-51-27-8-28-52-68)78-75(77-73)84-81(69-53-29-9-30-54-69,70-55-31-10-32-56-70,71-57-33-11-34-58-71)72-59-35-12-36-60-72/h1-60H. The minimum atomic E-state index is -4.10. The van der Waals surface area contributed by atoms with Gasteiger partial charge in [-0.3, -0.25) is 0 Å². The maximum absolute atomic E-state index is 6.11. The van der Waals surface area contributed by atoms with Gasteiger partial charge in [0, 0.05) is 0 Å². The van der Waals surface area contributed by atoms with E-state index in [1.807, 2.05) is 34.1 Å². The molecule has 0 bridgehead atoms. The number of rotatable bonds is 18. The van der Waals surface area contributed by atoms with Crippen molar-refractivity contribution in [3.63, 3.8) is 0 Å². The van der Waals surface area contributed by atoms with Gasteiger partial charge in [0.05, 0.1) is 0 Å². The molecule has 9 heteroatoms. The zero-order valence-corrected chi connectivity index (χ0v) is 51.2. The predicted molar refractivity (Wildman–Crippen MR) is 371 cm³/mol. The number of hydrogen-bond acceptors (Lipinski definition) is 6. The Morgan fingerprint density at radius 1 is 0.143 bits per heavy atom. The molecule has 0 aliphatic carbocycles. The van der Waals surface area contributed by atoms with E-state index in [-0.39, 0.29) is 0 Å². The van der Waals surface area contributed by atoms with E-state index >= 15 is 0 Å². The molecular formula is C75H60N3P3S3. The molecule has 13 aromatic rings. The third-order valence-corrected chi connectivity index (χ3v) is 46.2. The van der Waals surface area contributed by atoms with Gasteiger partial charge in [0.15, 0.2) is 0 Å². The van der Waals surface area contributed by atoms with E-state index in [0.29, 0.717) is 15.5 Å². The molecule has 1 heterocycles. The second kappa shape index (κ2) is 23.2. The Morgan fingerprint density at radius 3 is 0.333 bits per heavy atom. The Hall–Kier alpha value is -8.01. The molecule has 12 aromatic carbocycles. The zero-order valence-electron chi connectivity index (χ0n) is 46.0. The van der Waals surface area contributed by atoms with Gasteiger partial charge in [-0.15, -0.1) is 0 Å². The number of aromatic nitrogens is 3. The Kier molecular flexibility index (Phi) is 15.3. The second-order valence-corrected chi connectivity index (χ2v) is 42.9. The van der Waals surface area contributed by atoms with Gasteiger partial charge in [0.1, 0.15) is 0 Å². The van der Waals surface area contributed by atoms with Crippen molar-refractivity contribution in [1.82, 2.24) is 15.0 Å². The summed E-state index contributed by atoms with van der Waals surface area (Å²) >= 11 is 5.43. The van der Waals surface area contributed by atoms with Gasteiger partial charge < -0.3 is 0 Å². The van der Waals surface area contributed by atoms with Gasteiger partial charge in [-0.2, -0.15) is 0 Å². The van der Waals surface area contributed by atoms with Crippen LogP contribution in [-0.2, 0) is 0 Å². The summed E-state index contributed by atoms with van der Waals surface area (Å²) in [6.07, 6.45) is 0. The fraction of sp³-hybridized carbons (Fsp3) is 0. The Labute approximate surface area is 505 Å². The molecule has 0 saturated heterocycles. The quantitative estimate of drug-likeness (QED) is 0.0797. The first kappa shape index (κ1) is 55.2. The van der Waals surface area contributed by atoms with Crippen LogP contribution in [0.5, 0.6) is 0 Å². The zero-order chi connectivity index (χ0) is 56.7. The molecule has 0 unspecified atom stereocenters. The first-order valence-corrected chi connectivity index (χ1v) is 39.1. The number of nitrogens with zero attached hydrogens (tertiary/aromatic N) is 3. The molecule has 0 saturated carbocycles. The molecule has 0 N–H and O–H groups in total. The van der Waals surface area contributed by atoms with Crippen LogP contribution in [0.4, 0.5) is 0 Å². The monoisotopic (exact) mass is 1190 g/mol. The van der Waals surface area contributed by atoms with Crippen molar-refractivity contribution in [1.29, 1.82) is 0 Å². The summed E-state index contributed by atoms with van der Waals surface area (Å²) < 4.78 is 0. The summed E-state index contributed by atoms with van der Waals surface area (Å²) in [7, 11) is 0. The van der Waals surface area contributed by atoms with Crippen LogP contribution in [0.25, 0.3) is 0 Å². The molecular weight excluding hydrogens is 1130 g/mol. The summed E-state index contributed by atoms with van der Waals surface area (Å²) in [5.74, 6) is -12.3. The van der Waals surface area contributed by atoms with E-state index in [0.717, 1.165) is 0 Å². The van der Waals surface area contributed by atoms with Gasteiger partial charge in [0.2, 0.25) is 0 Å². The van der Waals surface area contributed by atoms with Crippen LogP contribution < -0.4 is 63.7 Å². The van der Waals surface area contributed by atoms with Crippen molar-refractivity contribution in [2.75, 3.05) is 0 Å². The van der Waals surface area contributed by atoms with Gasteiger partial charge in [0.25, 0.3) is 0 Å². The molecule has 0 spiro atoms. The molecule has 0 amide bonds. The Morgan fingerprint density at radius 2 is 0.238 bits per heavy atom. The van der Waals surface area contributed by atoms with Gasteiger partial charge >= 0.3 is 510 Å². The molecule has 1 aromatic heterocycles. The van der Waals surface area contributed by atoms with Gasteiger partial charge in [-0.05, 0) is 0 Å². The fourth-order valence-corrected chi connectivity index (χ4v) is 42.1. The fourth-order valence-electron chi connectivity index (χ4n) is 12.8. The van der Waals surface area contributed by atoms with Crippen LogP contribution in [-0.4, -0.2) is 15.0 Å². The SMILES string of the molecule is c1ccc(P(Sc2nc(SP(c3ccccc3)(c3ccccc3)(c3ccccc3)c3ccccc3)nc(SP(c3ccccc3)(c3ccccc3)(c3ccccc3)c3ccccc3)n2)(c2ccccc2)(c2ccccc2)c2ccccc2)cc1. The molecule has 0 aliphatic rings. The maximum atomic E-state index is 6.11. The van der Waals surface area contributed by atoms with Crippen molar-refractivity contribution < 1.29 is 0 Å². The van der Waals surface area contributed by atoms with Crippen LogP contribution in [0.15, 0.2) is 379 Å². The summed E-state index contributed by atoms with van der Waals surface area (Å²) in [6.45, 7) is 0. The van der Waals surface area contributed by atoms with Crippen LogP contribution in [0.1, 0.15) is 0 Å². The topological polar surface area (TPSA) is 38.7 Å². The molecule has 0 fully saturated rings. The minimum absolute atomic E-state index is 0.616. The summed E-state index contributed by atoms with van der Waals surface area (Å²) in [5.41, 5.74) is 0. The normalized spacial score (nSPS) is 13.2. The third kappa shape index (κ3) is 8.61. The average molecular weight is 1190 g/mol. The molecule has 0 aliphatic heterocycles. The first-order valence-electron chi connectivity index (χ1n) is 28.1. The van der Waals surface area contributed by atoms with Crippen molar-refractivity contribution in [3.05, 3.63) is 364 Å². The van der Waals surface area contributed by atoms with E-state index in [1.165, 1.54) is 63.7 Å². The summed E-state index contributed by atoms with van der Waals surface area (Å²) in [6, 6.07) is 134. The van der Waals surface area contributed by atoms with Gasteiger partial charge in [-0.25, -0.2) is 0 Å². The number of hydrogen-bond donors (Lipinski definition) is 0. The molecule has 408 valence electrons. The first-order chi connectivity index (χ1) is 41.5. The van der Waals surface area contributed by atoms with E-state index in [9.17, 15) is 0 Å². The van der Waals surface area contributed by atoms with Crippen molar-refractivity contribution in [3.8, 4) is 0 Å². The molecule has 84 heavy (non-hydrogen) atoms. The van der Waals surface area contributed by atoms with E-state index in [2.05, 4.69) is 364 Å².